The fourth-order valence-corrected chi connectivity index (χ4v) is 2.32. The van der Waals surface area contributed by atoms with Gasteiger partial charge in [0.2, 0.25) is 0 Å². The highest BCUT2D eigenvalue weighted by molar-refractivity contribution is 5.84. The molecule has 0 N–H and O–H groups in total. The highest BCUT2D eigenvalue weighted by Crippen LogP contribution is 2.30. The van der Waals surface area contributed by atoms with Gasteiger partial charge in [-0.1, -0.05) is 18.2 Å². The molecular weight excluding hydrogens is 200 g/mol. The number of Topliss-reactive ketones (excluding diaryl/α,β-unsaturated/α-hetero) is 1. The van der Waals surface area contributed by atoms with Crippen LogP contribution in [-0.2, 0) is 17.6 Å². The Hall–Kier alpha value is -1.83. The molecule has 1 aromatic heterocycles. The molecule has 0 unspecified atom stereocenters. The Morgan fingerprint density at radius 3 is 2.81 bits per heavy atom. The first kappa shape index (κ1) is 9.40. The van der Waals surface area contributed by atoms with Crippen LogP contribution >= 0.6 is 0 Å². The van der Waals surface area contributed by atoms with E-state index in [-0.39, 0.29) is 0 Å². The van der Waals surface area contributed by atoms with Crippen LogP contribution in [0.2, 0.25) is 0 Å². The summed E-state index contributed by atoms with van der Waals surface area (Å²) >= 11 is 0. The molecule has 0 fully saturated rings. The number of carbonyl (C=O) groups is 1. The van der Waals surface area contributed by atoms with Crippen molar-refractivity contribution in [1.82, 2.24) is 0 Å². The molecule has 3 rings (SSSR count). The first-order valence-corrected chi connectivity index (χ1v) is 5.51. The third-order valence-electron chi connectivity index (χ3n) is 3.10. The molecule has 1 aliphatic carbocycles. The second-order valence-electron chi connectivity index (χ2n) is 4.14. The van der Waals surface area contributed by atoms with Gasteiger partial charge < -0.3 is 4.42 Å². The topological polar surface area (TPSA) is 30.2 Å². The molecule has 0 saturated heterocycles. The van der Waals surface area contributed by atoms with Gasteiger partial charge in [-0.15, -0.1) is 0 Å². The SMILES string of the molecule is O=C1CCc2c(cccc2-c2ccco2)C1. The van der Waals surface area contributed by atoms with Crippen LogP contribution in [0.4, 0.5) is 0 Å². The Balaban J connectivity index is 2.14. The first-order chi connectivity index (χ1) is 7.84. The Labute approximate surface area is 93.9 Å². The predicted molar refractivity (Wildman–Crippen MR) is 61.2 cm³/mol. The van der Waals surface area contributed by atoms with Gasteiger partial charge in [0.15, 0.2) is 0 Å². The van der Waals surface area contributed by atoms with Gasteiger partial charge in [0.1, 0.15) is 11.5 Å². The maximum absolute atomic E-state index is 11.4. The van der Waals surface area contributed by atoms with Crippen LogP contribution in [0, 0.1) is 0 Å². The summed E-state index contributed by atoms with van der Waals surface area (Å²) in [5.41, 5.74) is 3.57. The monoisotopic (exact) mass is 212 g/mol. The second-order valence-corrected chi connectivity index (χ2v) is 4.14. The maximum Gasteiger partial charge on any atom is 0.137 e. The number of hydrogen-bond donors (Lipinski definition) is 0. The van der Waals surface area contributed by atoms with Gasteiger partial charge in [-0.3, -0.25) is 4.79 Å². The van der Waals surface area contributed by atoms with Crippen molar-refractivity contribution in [3.05, 3.63) is 47.7 Å². The van der Waals surface area contributed by atoms with Gasteiger partial charge >= 0.3 is 0 Å². The third kappa shape index (κ3) is 1.47. The molecular formula is C14H12O2. The standard InChI is InChI=1S/C14H12O2/c15-11-6-7-12-10(9-11)3-1-4-13(12)14-5-2-8-16-14/h1-5,8H,6-7,9H2. The number of furan rings is 1. The van der Waals surface area contributed by atoms with Crippen molar-refractivity contribution in [1.29, 1.82) is 0 Å². The van der Waals surface area contributed by atoms with Gasteiger partial charge in [-0.2, -0.15) is 0 Å². The summed E-state index contributed by atoms with van der Waals surface area (Å²) in [5.74, 6) is 1.23. The highest BCUT2D eigenvalue weighted by atomic mass is 16.3. The van der Waals surface area contributed by atoms with E-state index in [1.807, 2.05) is 24.3 Å². The van der Waals surface area contributed by atoms with Crippen LogP contribution in [0.5, 0.6) is 0 Å². The van der Waals surface area contributed by atoms with Crippen molar-refractivity contribution in [2.75, 3.05) is 0 Å². The Kier molecular flexibility index (Phi) is 2.13. The molecule has 0 radical (unpaired) electrons. The van der Waals surface area contributed by atoms with Crippen molar-refractivity contribution in [2.45, 2.75) is 19.3 Å². The van der Waals surface area contributed by atoms with E-state index in [4.69, 9.17) is 4.42 Å². The van der Waals surface area contributed by atoms with E-state index >= 15 is 0 Å². The zero-order valence-corrected chi connectivity index (χ0v) is 8.90. The normalized spacial score (nSPS) is 14.9. The number of rotatable bonds is 1. The number of hydrogen-bond acceptors (Lipinski definition) is 2. The second kappa shape index (κ2) is 3.63. The quantitative estimate of drug-likeness (QED) is 0.727. The van der Waals surface area contributed by atoms with Gasteiger partial charge in [-0.25, -0.2) is 0 Å². The summed E-state index contributed by atoms with van der Waals surface area (Å²) in [6.07, 6.45) is 3.75. The third-order valence-corrected chi connectivity index (χ3v) is 3.10. The molecule has 0 saturated carbocycles. The van der Waals surface area contributed by atoms with Crippen molar-refractivity contribution in [3.8, 4) is 11.3 Å². The van der Waals surface area contributed by atoms with E-state index in [1.165, 1.54) is 5.56 Å². The maximum atomic E-state index is 11.4. The minimum Gasteiger partial charge on any atom is -0.464 e. The van der Waals surface area contributed by atoms with E-state index in [2.05, 4.69) is 6.07 Å². The van der Waals surface area contributed by atoms with Crippen molar-refractivity contribution in [3.63, 3.8) is 0 Å². The van der Waals surface area contributed by atoms with E-state index in [0.29, 0.717) is 18.6 Å². The lowest BCUT2D eigenvalue weighted by Crippen LogP contribution is -2.13. The molecule has 2 heteroatoms. The fraction of sp³-hybridized carbons (Fsp3) is 0.214. The minimum atomic E-state index is 0.337. The molecule has 1 aromatic carbocycles. The molecule has 0 aliphatic heterocycles. The first-order valence-electron chi connectivity index (χ1n) is 5.51. The summed E-state index contributed by atoms with van der Waals surface area (Å²) in [6.45, 7) is 0. The van der Waals surface area contributed by atoms with Crippen LogP contribution in [0.3, 0.4) is 0 Å². The summed E-state index contributed by atoms with van der Waals surface area (Å²) in [6, 6.07) is 9.95. The lowest BCUT2D eigenvalue weighted by Gasteiger charge is -2.17. The van der Waals surface area contributed by atoms with Gasteiger partial charge in [-0.05, 0) is 29.7 Å². The van der Waals surface area contributed by atoms with E-state index < -0.39 is 0 Å². The van der Waals surface area contributed by atoms with E-state index in [0.717, 1.165) is 23.3 Å². The molecule has 0 amide bonds. The zero-order chi connectivity index (χ0) is 11.0. The fourth-order valence-electron chi connectivity index (χ4n) is 2.32. The molecule has 16 heavy (non-hydrogen) atoms. The lowest BCUT2D eigenvalue weighted by atomic mass is 9.87. The van der Waals surface area contributed by atoms with Crippen LogP contribution < -0.4 is 0 Å². The van der Waals surface area contributed by atoms with Gasteiger partial charge in [0.25, 0.3) is 0 Å². The summed E-state index contributed by atoms with van der Waals surface area (Å²) < 4.78 is 5.43. The summed E-state index contributed by atoms with van der Waals surface area (Å²) in [7, 11) is 0. The zero-order valence-electron chi connectivity index (χ0n) is 8.90. The molecule has 2 nitrogen and oxygen atoms in total. The molecule has 1 heterocycles. The Morgan fingerprint density at radius 2 is 2.00 bits per heavy atom. The molecule has 0 atom stereocenters. The Morgan fingerprint density at radius 1 is 1.06 bits per heavy atom. The average molecular weight is 212 g/mol. The van der Waals surface area contributed by atoms with Crippen LogP contribution in [0.15, 0.2) is 41.0 Å². The van der Waals surface area contributed by atoms with Crippen molar-refractivity contribution >= 4 is 5.78 Å². The van der Waals surface area contributed by atoms with Crippen LogP contribution in [0.25, 0.3) is 11.3 Å². The van der Waals surface area contributed by atoms with E-state index in [9.17, 15) is 4.79 Å². The average Bonchev–Trinajstić information content (AvgIpc) is 2.81. The molecule has 1 aliphatic rings. The molecule has 80 valence electrons. The lowest BCUT2D eigenvalue weighted by molar-refractivity contribution is -0.118. The highest BCUT2D eigenvalue weighted by Gasteiger charge is 2.19. The molecule has 0 bridgehead atoms. The van der Waals surface area contributed by atoms with Gasteiger partial charge in [0.05, 0.1) is 6.26 Å². The number of benzene rings is 1. The van der Waals surface area contributed by atoms with E-state index in [1.54, 1.807) is 6.26 Å². The van der Waals surface area contributed by atoms with Gasteiger partial charge in [0, 0.05) is 18.4 Å². The van der Waals surface area contributed by atoms with Crippen molar-refractivity contribution in [2.24, 2.45) is 0 Å². The summed E-state index contributed by atoms with van der Waals surface area (Å²) in [4.78, 5) is 11.4. The number of ketones is 1. The van der Waals surface area contributed by atoms with Crippen LogP contribution in [-0.4, -0.2) is 5.78 Å². The Bertz CT molecular complexity index is 524. The molecule has 0 spiro atoms. The number of carbonyl (C=O) groups excluding carboxylic acids is 1. The number of fused-ring (bicyclic) bond motifs is 1. The predicted octanol–water partition coefficient (Wildman–Crippen LogP) is 3.00. The largest absolute Gasteiger partial charge is 0.464 e. The smallest absolute Gasteiger partial charge is 0.137 e. The minimum absolute atomic E-state index is 0.337. The molecule has 2 aromatic rings. The van der Waals surface area contributed by atoms with Crippen molar-refractivity contribution < 1.29 is 9.21 Å². The van der Waals surface area contributed by atoms with Crippen LogP contribution in [0.1, 0.15) is 17.5 Å². The summed E-state index contributed by atoms with van der Waals surface area (Å²) in [5, 5.41) is 0.